The molecule has 0 unspecified atom stereocenters. The SMILES string of the molecule is O=C(c1ccccc1)c1nn(-c2ccccc2)cc1O. The Balaban J connectivity index is 2.00. The van der Waals surface area contributed by atoms with Crippen LogP contribution in [0.4, 0.5) is 0 Å². The molecule has 0 radical (unpaired) electrons. The number of carbonyl (C=O) groups is 1. The number of benzene rings is 2. The second-order valence-corrected chi connectivity index (χ2v) is 4.34. The van der Waals surface area contributed by atoms with Gasteiger partial charge < -0.3 is 5.11 Å². The van der Waals surface area contributed by atoms with Gasteiger partial charge in [-0.15, -0.1) is 0 Å². The van der Waals surface area contributed by atoms with Crippen molar-refractivity contribution >= 4 is 5.78 Å². The number of carbonyl (C=O) groups excluding carboxylic acids is 1. The highest BCUT2D eigenvalue weighted by Gasteiger charge is 2.18. The summed E-state index contributed by atoms with van der Waals surface area (Å²) in [6, 6.07) is 18.1. The van der Waals surface area contributed by atoms with Gasteiger partial charge in [0.05, 0.1) is 11.9 Å². The van der Waals surface area contributed by atoms with Crippen molar-refractivity contribution < 1.29 is 9.90 Å². The highest BCUT2D eigenvalue weighted by Crippen LogP contribution is 2.21. The molecule has 0 amide bonds. The minimum absolute atomic E-state index is 0.0556. The molecule has 1 aromatic heterocycles. The van der Waals surface area contributed by atoms with Gasteiger partial charge >= 0.3 is 0 Å². The van der Waals surface area contributed by atoms with E-state index in [4.69, 9.17) is 0 Å². The third-order valence-corrected chi connectivity index (χ3v) is 2.97. The molecule has 0 aliphatic heterocycles. The van der Waals surface area contributed by atoms with Crippen LogP contribution in [-0.4, -0.2) is 20.7 Å². The maximum Gasteiger partial charge on any atom is 0.217 e. The van der Waals surface area contributed by atoms with Crippen molar-refractivity contribution in [3.63, 3.8) is 0 Å². The standard InChI is InChI=1S/C16H12N2O2/c19-14-11-18(13-9-5-2-6-10-13)17-15(14)16(20)12-7-3-1-4-8-12/h1-11,19H. The van der Waals surface area contributed by atoms with E-state index in [-0.39, 0.29) is 17.2 Å². The zero-order valence-electron chi connectivity index (χ0n) is 10.6. The predicted molar refractivity (Wildman–Crippen MR) is 75.1 cm³/mol. The van der Waals surface area contributed by atoms with Crippen molar-refractivity contribution in [1.29, 1.82) is 0 Å². The summed E-state index contributed by atoms with van der Waals surface area (Å²) in [6.07, 6.45) is 1.44. The number of para-hydroxylation sites is 1. The second-order valence-electron chi connectivity index (χ2n) is 4.34. The third kappa shape index (κ3) is 2.19. The maximum absolute atomic E-state index is 12.3. The van der Waals surface area contributed by atoms with E-state index in [9.17, 15) is 9.90 Å². The van der Waals surface area contributed by atoms with Crippen LogP contribution in [0.25, 0.3) is 5.69 Å². The molecule has 0 saturated heterocycles. The normalized spacial score (nSPS) is 10.4. The molecule has 0 saturated carbocycles. The predicted octanol–water partition coefficient (Wildman–Crippen LogP) is 2.81. The van der Waals surface area contributed by atoms with E-state index in [2.05, 4.69) is 5.10 Å². The average molecular weight is 264 g/mol. The van der Waals surface area contributed by atoms with Crippen molar-refractivity contribution in [2.75, 3.05) is 0 Å². The highest BCUT2D eigenvalue weighted by molar-refractivity contribution is 6.09. The van der Waals surface area contributed by atoms with Crippen LogP contribution in [-0.2, 0) is 0 Å². The molecule has 4 nitrogen and oxygen atoms in total. The van der Waals surface area contributed by atoms with Gasteiger partial charge in [0.25, 0.3) is 0 Å². The number of aromatic nitrogens is 2. The van der Waals surface area contributed by atoms with Crippen LogP contribution in [0.2, 0.25) is 0 Å². The monoisotopic (exact) mass is 264 g/mol. The molecule has 4 heteroatoms. The number of rotatable bonds is 3. The molecule has 0 fully saturated rings. The lowest BCUT2D eigenvalue weighted by atomic mass is 10.1. The summed E-state index contributed by atoms with van der Waals surface area (Å²) in [5.74, 6) is -0.416. The molecule has 1 heterocycles. The summed E-state index contributed by atoms with van der Waals surface area (Å²) >= 11 is 0. The van der Waals surface area contributed by atoms with E-state index in [0.717, 1.165) is 5.69 Å². The number of nitrogens with zero attached hydrogens (tertiary/aromatic N) is 2. The van der Waals surface area contributed by atoms with E-state index < -0.39 is 0 Å². The van der Waals surface area contributed by atoms with Crippen LogP contribution in [0, 0.1) is 0 Å². The molecule has 98 valence electrons. The first-order valence-electron chi connectivity index (χ1n) is 6.19. The molecule has 0 atom stereocenters. The first-order chi connectivity index (χ1) is 9.75. The Morgan fingerprint density at radius 3 is 2.20 bits per heavy atom. The molecule has 3 aromatic rings. The Kier molecular flexibility index (Phi) is 3.05. The fraction of sp³-hybridized carbons (Fsp3) is 0. The molecular weight excluding hydrogens is 252 g/mol. The van der Waals surface area contributed by atoms with Crippen LogP contribution in [0.15, 0.2) is 66.9 Å². The highest BCUT2D eigenvalue weighted by atomic mass is 16.3. The maximum atomic E-state index is 12.3. The Labute approximate surface area is 115 Å². The summed E-state index contributed by atoms with van der Waals surface area (Å²) in [5, 5.41) is 14.1. The number of ketones is 1. The lowest BCUT2D eigenvalue weighted by Gasteiger charge is -1.99. The van der Waals surface area contributed by atoms with Crippen molar-refractivity contribution in [1.82, 2.24) is 9.78 Å². The van der Waals surface area contributed by atoms with Crippen LogP contribution in [0.5, 0.6) is 5.75 Å². The van der Waals surface area contributed by atoms with Crippen LogP contribution in [0.1, 0.15) is 16.1 Å². The van der Waals surface area contributed by atoms with Gasteiger partial charge in [-0.2, -0.15) is 5.10 Å². The minimum Gasteiger partial charge on any atom is -0.504 e. The quantitative estimate of drug-likeness (QED) is 0.740. The molecule has 20 heavy (non-hydrogen) atoms. The second kappa shape index (κ2) is 5.01. The molecule has 3 rings (SSSR count). The van der Waals surface area contributed by atoms with Crippen LogP contribution >= 0.6 is 0 Å². The first kappa shape index (κ1) is 12.2. The van der Waals surface area contributed by atoms with Gasteiger partial charge in [-0.05, 0) is 12.1 Å². The molecule has 0 bridgehead atoms. The number of aromatic hydroxyl groups is 1. The third-order valence-electron chi connectivity index (χ3n) is 2.97. The van der Waals surface area contributed by atoms with Gasteiger partial charge in [0, 0.05) is 5.56 Å². The van der Waals surface area contributed by atoms with Gasteiger partial charge in [-0.3, -0.25) is 4.79 Å². The molecule has 1 N–H and O–H groups in total. The Morgan fingerprint density at radius 2 is 1.55 bits per heavy atom. The van der Waals surface area contributed by atoms with E-state index in [1.165, 1.54) is 10.9 Å². The van der Waals surface area contributed by atoms with Crippen LogP contribution < -0.4 is 0 Å². The van der Waals surface area contributed by atoms with E-state index >= 15 is 0 Å². The molecule has 2 aromatic carbocycles. The van der Waals surface area contributed by atoms with Gasteiger partial charge in [-0.1, -0.05) is 48.5 Å². The summed E-state index contributed by atoms with van der Waals surface area (Å²) in [5.41, 5.74) is 1.34. The smallest absolute Gasteiger partial charge is 0.217 e. The average Bonchev–Trinajstić information content (AvgIpc) is 2.90. The van der Waals surface area contributed by atoms with Gasteiger partial charge in [0.1, 0.15) is 0 Å². The summed E-state index contributed by atoms with van der Waals surface area (Å²) < 4.78 is 1.49. The van der Waals surface area contributed by atoms with Crippen molar-refractivity contribution in [3.05, 3.63) is 78.1 Å². The van der Waals surface area contributed by atoms with Crippen molar-refractivity contribution in [3.8, 4) is 11.4 Å². The van der Waals surface area contributed by atoms with E-state index in [1.54, 1.807) is 24.3 Å². The summed E-state index contributed by atoms with van der Waals surface area (Å²) in [4.78, 5) is 12.3. The lowest BCUT2D eigenvalue weighted by molar-refractivity contribution is 0.103. The Bertz CT molecular complexity index is 734. The summed E-state index contributed by atoms with van der Waals surface area (Å²) in [6.45, 7) is 0. The zero-order valence-corrected chi connectivity index (χ0v) is 10.6. The zero-order chi connectivity index (χ0) is 13.9. The van der Waals surface area contributed by atoms with E-state index in [1.807, 2.05) is 36.4 Å². The van der Waals surface area contributed by atoms with Crippen LogP contribution in [0.3, 0.4) is 0 Å². The van der Waals surface area contributed by atoms with Crippen molar-refractivity contribution in [2.24, 2.45) is 0 Å². The molecular formula is C16H12N2O2. The van der Waals surface area contributed by atoms with Gasteiger partial charge in [-0.25, -0.2) is 4.68 Å². The minimum atomic E-state index is -0.294. The topological polar surface area (TPSA) is 55.1 Å². The lowest BCUT2D eigenvalue weighted by Crippen LogP contribution is -2.04. The summed E-state index contributed by atoms with van der Waals surface area (Å²) in [7, 11) is 0. The Morgan fingerprint density at radius 1 is 0.950 bits per heavy atom. The van der Waals surface area contributed by atoms with Gasteiger partial charge in [0.15, 0.2) is 11.4 Å². The molecule has 0 spiro atoms. The number of hydrogen-bond acceptors (Lipinski definition) is 3. The van der Waals surface area contributed by atoms with Crippen molar-refractivity contribution in [2.45, 2.75) is 0 Å². The number of hydrogen-bond donors (Lipinski definition) is 1. The first-order valence-corrected chi connectivity index (χ1v) is 6.19. The fourth-order valence-electron chi connectivity index (χ4n) is 1.97. The molecule has 0 aliphatic rings. The largest absolute Gasteiger partial charge is 0.504 e. The van der Waals surface area contributed by atoms with E-state index in [0.29, 0.717) is 5.56 Å². The fourth-order valence-corrected chi connectivity index (χ4v) is 1.97. The Hall–Kier alpha value is -2.88. The molecule has 0 aliphatic carbocycles. The van der Waals surface area contributed by atoms with Gasteiger partial charge in [0.2, 0.25) is 5.78 Å².